The number of hydrogen-bond donors (Lipinski definition) is 1. The number of thiophene rings is 1. The third-order valence-corrected chi connectivity index (χ3v) is 4.39. The van der Waals surface area contributed by atoms with Crippen LogP contribution >= 0.6 is 38.6 Å². The van der Waals surface area contributed by atoms with E-state index >= 15 is 0 Å². The quantitative estimate of drug-likeness (QED) is 0.921. The van der Waals surface area contributed by atoms with Crippen molar-refractivity contribution >= 4 is 44.6 Å². The first-order chi connectivity index (χ1) is 7.08. The Labute approximate surface area is 103 Å². The molecule has 0 unspecified atom stereocenters. The van der Waals surface area contributed by atoms with E-state index in [1.165, 1.54) is 22.7 Å². The summed E-state index contributed by atoms with van der Waals surface area (Å²) in [7, 11) is 0. The maximum absolute atomic E-state index is 11.0. The van der Waals surface area contributed by atoms with E-state index < -0.39 is 5.97 Å². The monoisotopic (exact) mass is 303 g/mol. The lowest BCUT2D eigenvalue weighted by Gasteiger charge is -1.92. The van der Waals surface area contributed by atoms with Crippen LogP contribution in [-0.2, 0) is 0 Å². The second-order valence-corrected chi connectivity index (χ2v) is 5.88. The summed E-state index contributed by atoms with van der Waals surface area (Å²) >= 11 is 6.03. The fraction of sp³-hybridized carbons (Fsp3) is 0.111. The van der Waals surface area contributed by atoms with Gasteiger partial charge in [-0.05, 0) is 28.9 Å². The van der Waals surface area contributed by atoms with Crippen molar-refractivity contribution in [2.45, 2.75) is 6.92 Å². The number of hydrogen-bond acceptors (Lipinski definition) is 4. The molecule has 0 fully saturated rings. The highest BCUT2D eigenvalue weighted by atomic mass is 79.9. The molecule has 0 saturated heterocycles. The summed E-state index contributed by atoms with van der Waals surface area (Å²) in [6.45, 7) is 1.81. The van der Waals surface area contributed by atoms with Gasteiger partial charge in [-0.2, -0.15) is 0 Å². The van der Waals surface area contributed by atoms with Gasteiger partial charge in [-0.3, -0.25) is 0 Å². The third kappa shape index (κ3) is 2.11. The zero-order chi connectivity index (χ0) is 11.0. The van der Waals surface area contributed by atoms with Crippen LogP contribution in [0.25, 0.3) is 10.6 Å². The minimum atomic E-state index is -0.917. The van der Waals surface area contributed by atoms with Crippen LogP contribution in [0.1, 0.15) is 14.7 Å². The van der Waals surface area contributed by atoms with Gasteiger partial charge in [-0.25, -0.2) is 9.78 Å². The van der Waals surface area contributed by atoms with Crippen LogP contribution in [0.2, 0.25) is 0 Å². The first-order valence-corrected chi connectivity index (χ1v) is 6.52. The molecule has 0 saturated carbocycles. The average Bonchev–Trinajstić information content (AvgIpc) is 2.71. The van der Waals surface area contributed by atoms with E-state index in [0.717, 1.165) is 14.4 Å². The van der Waals surface area contributed by atoms with Gasteiger partial charge in [-0.1, -0.05) is 0 Å². The van der Waals surface area contributed by atoms with Crippen molar-refractivity contribution in [1.82, 2.24) is 4.98 Å². The molecule has 0 atom stereocenters. The first-order valence-electron chi connectivity index (χ1n) is 4.03. The number of carboxylic acids is 1. The Morgan fingerprint density at radius 2 is 2.33 bits per heavy atom. The highest BCUT2D eigenvalue weighted by Crippen LogP contribution is 2.34. The molecule has 78 valence electrons. The van der Waals surface area contributed by atoms with Crippen molar-refractivity contribution < 1.29 is 9.90 Å². The Balaban J connectivity index is 2.56. The Hall–Kier alpha value is -0.720. The lowest BCUT2D eigenvalue weighted by atomic mass is 10.3. The minimum absolute atomic E-state index is 0.307. The van der Waals surface area contributed by atoms with E-state index in [1.807, 2.05) is 18.4 Å². The van der Waals surface area contributed by atoms with E-state index in [4.69, 9.17) is 5.11 Å². The summed E-state index contributed by atoms with van der Waals surface area (Å²) in [5.41, 5.74) is 0.570. The van der Waals surface area contributed by atoms with Gasteiger partial charge in [0.1, 0.15) is 10.6 Å². The molecule has 15 heavy (non-hydrogen) atoms. The molecule has 0 amide bonds. The van der Waals surface area contributed by atoms with Crippen LogP contribution in [0.15, 0.2) is 15.9 Å². The number of rotatable bonds is 2. The van der Waals surface area contributed by atoms with Gasteiger partial charge in [-0.15, -0.1) is 22.7 Å². The second-order valence-electron chi connectivity index (χ2n) is 2.84. The highest BCUT2D eigenvalue weighted by molar-refractivity contribution is 9.10. The maximum atomic E-state index is 11.0. The zero-order valence-electron chi connectivity index (χ0n) is 7.65. The van der Waals surface area contributed by atoms with E-state index in [9.17, 15) is 4.79 Å². The molecule has 2 heterocycles. The number of aromatic carboxylic acids is 1. The number of aryl methyl sites for hydroxylation is 1. The minimum Gasteiger partial charge on any atom is -0.477 e. The van der Waals surface area contributed by atoms with Crippen molar-refractivity contribution in [3.8, 4) is 10.6 Å². The number of carboxylic acid groups (broad SMARTS) is 1. The van der Waals surface area contributed by atoms with Crippen molar-refractivity contribution in [3.05, 3.63) is 25.8 Å². The Kier molecular flexibility index (Phi) is 2.90. The molecule has 0 bridgehead atoms. The molecule has 0 aliphatic carbocycles. The van der Waals surface area contributed by atoms with Gasteiger partial charge in [0.2, 0.25) is 0 Å². The highest BCUT2D eigenvalue weighted by Gasteiger charge is 2.18. The van der Waals surface area contributed by atoms with Crippen LogP contribution in [0, 0.1) is 6.92 Å². The smallest absolute Gasteiger partial charge is 0.348 e. The Bertz CT molecular complexity index is 518. The largest absolute Gasteiger partial charge is 0.477 e. The van der Waals surface area contributed by atoms with Gasteiger partial charge >= 0.3 is 5.97 Å². The summed E-state index contributed by atoms with van der Waals surface area (Å²) in [6, 6.07) is 1.88. The summed E-state index contributed by atoms with van der Waals surface area (Å²) in [4.78, 5) is 16.4. The normalized spacial score (nSPS) is 10.5. The van der Waals surface area contributed by atoms with Crippen LogP contribution in [-0.4, -0.2) is 16.1 Å². The predicted molar refractivity (Wildman–Crippen MR) is 64.8 cm³/mol. The van der Waals surface area contributed by atoms with Gasteiger partial charge in [0, 0.05) is 9.85 Å². The van der Waals surface area contributed by atoms with E-state index in [2.05, 4.69) is 20.9 Å². The van der Waals surface area contributed by atoms with Crippen LogP contribution in [0.4, 0.5) is 0 Å². The van der Waals surface area contributed by atoms with E-state index in [1.54, 1.807) is 0 Å². The predicted octanol–water partition coefficient (Wildman–Crippen LogP) is 3.64. The summed E-state index contributed by atoms with van der Waals surface area (Å²) in [5.74, 6) is -0.917. The third-order valence-electron chi connectivity index (χ3n) is 1.73. The Morgan fingerprint density at radius 1 is 1.60 bits per heavy atom. The number of carbonyl (C=O) groups is 1. The number of thiazole rings is 1. The Morgan fingerprint density at radius 3 is 2.87 bits per heavy atom. The number of aromatic nitrogens is 1. The topological polar surface area (TPSA) is 50.2 Å². The van der Waals surface area contributed by atoms with E-state index in [-0.39, 0.29) is 0 Å². The first kappa shape index (κ1) is 10.8. The van der Waals surface area contributed by atoms with Crippen LogP contribution in [0.3, 0.4) is 0 Å². The molecule has 2 rings (SSSR count). The lowest BCUT2D eigenvalue weighted by molar-refractivity contribution is 0.0703. The molecule has 6 heteroatoms. The SMILES string of the molecule is Cc1nc(-c2cc(Br)cs2)c(C(=O)O)s1. The molecule has 0 spiro atoms. The molecule has 3 nitrogen and oxygen atoms in total. The average molecular weight is 304 g/mol. The summed E-state index contributed by atoms with van der Waals surface area (Å²) < 4.78 is 0.949. The molecular weight excluding hydrogens is 298 g/mol. The molecule has 0 aromatic carbocycles. The molecular formula is C9H6BrNO2S2. The number of nitrogens with zero attached hydrogens (tertiary/aromatic N) is 1. The van der Waals surface area contributed by atoms with Gasteiger partial charge in [0.25, 0.3) is 0 Å². The molecule has 0 aliphatic heterocycles. The van der Waals surface area contributed by atoms with Gasteiger partial charge < -0.3 is 5.11 Å². The fourth-order valence-corrected chi connectivity index (χ4v) is 3.44. The second kappa shape index (κ2) is 4.03. The van der Waals surface area contributed by atoms with Crippen LogP contribution < -0.4 is 0 Å². The fourth-order valence-electron chi connectivity index (χ4n) is 1.18. The standard InChI is InChI=1S/C9H6BrNO2S2/c1-4-11-7(8(15-4)9(12)13)6-2-5(10)3-14-6/h2-3H,1H3,(H,12,13). The van der Waals surface area contributed by atoms with Crippen molar-refractivity contribution in [1.29, 1.82) is 0 Å². The van der Waals surface area contributed by atoms with Crippen molar-refractivity contribution in [3.63, 3.8) is 0 Å². The van der Waals surface area contributed by atoms with Gasteiger partial charge in [0.15, 0.2) is 0 Å². The molecule has 1 N–H and O–H groups in total. The molecule has 0 radical (unpaired) electrons. The molecule has 2 aromatic heterocycles. The van der Waals surface area contributed by atoms with E-state index in [0.29, 0.717) is 10.6 Å². The van der Waals surface area contributed by atoms with Gasteiger partial charge in [0.05, 0.1) is 9.88 Å². The summed E-state index contributed by atoms with van der Waals surface area (Å²) in [6.07, 6.45) is 0. The van der Waals surface area contributed by atoms with Crippen LogP contribution in [0.5, 0.6) is 0 Å². The van der Waals surface area contributed by atoms with Crippen molar-refractivity contribution in [2.75, 3.05) is 0 Å². The lowest BCUT2D eigenvalue weighted by Crippen LogP contribution is -1.94. The van der Waals surface area contributed by atoms with Crippen molar-refractivity contribution in [2.24, 2.45) is 0 Å². The summed E-state index contributed by atoms with van der Waals surface area (Å²) in [5, 5.41) is 11.7. The maximum Gasteiger partial charge on any atom is 0.348 e. The zero-order valence-corrected chi connectivity index (χ0v) is 10.9. The molecule has 0 aliphatic rings. The molecule has 2 aromatic rings. The number of halogens is 1.